The predicted molar refractivity (Wildman–Crippen MR) is 148 cm³/mol. The van der Waals surface area contributed by atoms with Gasteiger partial charge >= 0.3 is 24.2 Å². The Morgan fingerprint density at radius 3 is 1.98 bits per heavy atom. The first-order valence-corrected chi connectivity index (χ1v) is 13.0. The minimum atomic E-state index is -4.29. The van der Waals surface area contributed by atoms with Crippen LogP contribution in [-0.2, 0) is 20.4 Å². The lowest BCUT2D eigenvalue weighted by molar-refractivity contribution is -0.185. The lowest BCUT2D eigenvalue weighted by Gasteiger charge is -2.18. The number of hydrogen-bond acceptors (Lipinski definition) is 8. The number of rotatable bonds is 14. The summed E-state index contributed by atoms with van der Waals surface area (Å²) in [5, 5.41) is 0. The molecule has 0 heterocycles. The Hall–Kier alpha value is -4.81. The van der Waals surface area contributed by atoms with Gasteiger partial charge in [0.05, 0.1) is 30.9 Å². The molecule has 0 spiro atoms. The van der Waals surface area contributed by atoms with E-state index in [1.807, 2.05) is 0 Å². The van der Waals surface area contributed by atoms with Gasteiger partial charge in [0.2, 0.25) is 0 Å². The molecule has 8 nitrogen and oxygen atoms in total. The molecule has 3 aromatic carbocycles. The normalized spacial score (nSPS) is 11.7. The van der Waals surface area contributed by atoms with Crippen LogP contribution in [0.5, 0.6) is 11.5 Å². The monoisotopic (exact) mass is 608 g/mol. The molecule has 13 heteroatoms. The van der Waals surface area contributed by atoms with Gasteiger partial charge in [-0.25, -0.2) is 9.59 Å². The maximum Gasteiger partial charge on any atom is 0.426 e. The highest BCUT2D eigenvalue weighted by Crippen LogP contribution is 2.33. The number of ether oxygens (including phenoxy) is 4. The average molecular weight is 609 g/mol. The summed E-state index contributed by atoms with van der Waals surface area (Å²) in [6.45, 7) is -0.216. The molecule has 0 aliphatic carbocycles. The van der Waals surface area contributed by atoms with Gasteiger partial charge < -0.3 is 30.4 Å². The van der Waals surface area contributed by atoms with Gasteiger partial charge in [0.1, 0.15) is 11.5 Å². The summed E-state index contributed by atoms with van der Waals surface area (Å²) in [5.74, 6) is -1.26. The van der Waals surface area contributed by atoms with Crippen LogP contribution < -0.4 is 20.9 Å². The van der Waals surface area contributed by atoms with Gasteiger partial charge in [0.25, 0.3) is 0 Å². The minimum absolute atomic E-state index is 0.0000862. The molecule has 3 aromatic rings. The van der Waals surface area contributed by atoms with Crippen molar-refractivity contribution in [1.29, 1.82) is 0 Å². The van der Waals surface area contributed by atoms with E-state index in [4.69, 9.17) is 30.4 Å². The molecule has 0 saturated heterocycles. The van der Waals surface area contributed by atoms with Crippen molar-refractivity contribution < 1.29 is 50.5 Å². The second kappa shape index (κ2) is 14.9. The molecule has 0 unspecified atom stereocenters. The van der Waals surface area contributed by atoms with Crippen LogP contribution >= 0.6 is 0 Å². The lowest BCUT2D eigenvalue weighted by atomic mass is 10.2. The minimum Gasteiger partial charge on any atom is -0.494 e. The molecule has 0 saturated carbocycles. The van der Waals surface area contributed by atoms with Crippen LogP contribution in [0.3, 0.4) is 0 Å². The third-order valence-corrected chi connectivity index (χ3v) is 5.58. The van der Waals surface area contributed by atoms with Crippen molar-refractivity contribution in [2.24, 2.45) is 0 Å². The smallest absolute Gasteiger partial charge is 0.426 e. The van der Waals surface area contributed by atoms with Crippen LogP contribution in [-0.4, -0.2) is 37.9 Å². The van der Waals surface area contributed by atoms with E-state index in [1.54, 1.807) is 0 Å². The quantitative estimate of drug-likeness (QED) is 0.0699. The average Bonchev–Trinajstić information content (AvgIpc) is 2.94. The molecule has 0 fully saturated rings. The number of nitrogen functional groups attached to an aromatic ring is 2. The largest absolute Gasteiger partial charge is 0.494 e. The van der Waals surface area contributed by atoms with E-state index in [2.05, 4.69) is 0 Å². The van der Waals surface area contributed by atoms with Gasteiger partial charge in [-0.2, -0.15) is 22.0 Å². The number of anilines is 2. The Kier molecular flexibility index (Phi) is 11.3. The Bertz CT molecular complexity index is 1370. The molecule has 0 aliphatic rings. The van der Waals surface area contributed by atoms with Crippen LogP contribution in [0.2, 0.25) is 0 Å². The van der Waals surface area contributed by atoms with Crippen molar-refractivity contribution in [2.45, 2.75) is 31.5 Å². The Labute approximate surface area is 244 Å². The van der Waals surface area contributed by atoms with Gasteiger partial charge in [-0.15, -0.1) is 0 Å². The van der Waals surface area contributed by atoms with Crippen molar-refractivity contribution in [3.05, 3.63) is 89.5 Å². The van der Waals surface area contributed by atoms with Crippen LogP contribution in [0.25, 0.3) is 6.08 Å². The highest BCUT2D eigenvalue weighted by Gasteiger charge is 2.34. The first-order valence-electron chi connectivity index (χ1n) is 13.0. The number of esters is 2. The van der Waals surface area contributed by atoms with Crippen molar-refractivity contribution in [2.75, 3.05) is 31.3 Å². The van der Waals surface area contributed by atoms with Gasteiger partial charge in [-0.05, 0) is 72.7 Å². The van der Waals surface area contributed by atoms with E-state index in [-0.39, 0.29) is 49.7 Å². The first kappa shape index (κ1) is 32.7. The van der Waals surface area contributed by atoms with Crippen molar-refractivity contribution in [1.82, 2.24) is 0 Å². The molecule has 0 aromatic heterocycles. The first-order chi connectivity index (χ1) is 20.3. The summed E-state index contributed by atoms with van der Waals surface area (Å²) < 4.78 is 85.9. The third kappa shape index (κ3) is 11.5. The molecule has 0 radical (unpaired) electrons. The number of hydrogen-bond donors (Lipinski definition) is 2. The topological polar surface area (TPSA) is 123 Å². The Balaban J connectivity index is 1.39. The zero-order valence-corrected chi connectivity index (χ0v) is 22.7. The second-order valence-corrected chi connectivity index (χ2v) is 9.16. The number of benzene rings is 3. The van der Waals surface area contributed by atoms with Crippen molar-refractivity contribution >= 4 is 29.4 Å². The summed E-state index contributed by atoms with van der Waals surface area (Å²) in [6.07, 6.45) is -6.42. The van der Waals surface area contributed by atoms with Crippen LogP contribution in [0.4, 0.5) is 33.3 Å². The summed E-state index contributed by atoms with van der Waals surface area (Å²) in [7, 11) is 0. The summed E-state index contributed by atoms with van der Waals surface area (Å²) in [4.78, 5) is 24.0. The maximum absolute atomic E-state index is 14.6. The van der Waals surface area contributed by atoms with Crippen LogP contribution in [0.1, 0.15) is 40.7 Å². The molecule has 3 rings (SSSR count). The zero-order chi connectivity index (χ0) is 31.5. The molecule has 0 aliphatic heterocycles. The molecule has 0 atom stereocenters. The maximum atomic E-state index is 14.6. The zero-order valence-electron chi connectivity index (χ0n) is 22.7. The molecule has 4 N–H and O–H groups in total. The molecular weight excluding hydrogens is 579 g/mol. The Morgan fingerprint density at radius 1 is 0.744 bits per heavy atom. The third-order valence-electron chi connectivity index (χ3n) is 5.58. The van der Waals surface area contributed by atoms with Crippen LogP contribution in [0, 0.1) is 0 Å². The van der Waals surface area contributed by atoms with Crippen molar-refractivity contribution in [3.8, 4) is 11.5 Å². The van der Waals surface area contributed by atoms with Gasteiger partial charge in [0.15, 0.2) is 0 Å². The van der Waals surface area contributed by atoms with Crippen molar-refractivity contribution in [3.63, 3.8) is 0 Å². The van der Waals surface area contributed by atoms with E-state index in [9.17, 15) is 31.5 Å². The fraction of sp³-hybridized carbons (Fsp3) is 0.267. The fourth-order valence-electron chi connectivity index (χ4n) is 3.55. The molecule has 0 amide bonds. The van der Waals surface area contributed by atoms with E-state index < -0.39 is 36.2 Å². The highest BCUT2D eigenvalue weighted by molar-refractivity contribution is 5.91. The number of halogens is 5. The van der Waals surface area contributed by atoms with E-state index in [0.717, 1.165) is 18.2 Å². The van der Waals surface area contributed by atoms with E-state index in [0.29, 0.717) is 16.9 Å². The summed E-state index contributed by atoms with van der Waals surface area (Å²) >= 11 is 0. The molecule has 43 heavy (non-hydrogen) atoms. The SMILES string of the molecule is Nc1cc(N)cc(C(=O)OCCCOC(=O)/C=C/c2ccc(OC(F)(F)c3ccc(OCCCC(F)(F)F)cc3)cc2)c1. The fourth-order valence-corrected chi connectivity index (χ4v) is 3.55. The standard InChI is InChI=1S/C30H29F5N2O6/c31-29(32,33)13-1-14-40-25-10-6-22(7-11-25)30(34,35)43-26-8-3-20(4-9-26)5-12-27(38)41-15-2-16-42-28(39)21-17-23(36)19-24(37)18-21/h3-12,17-19H,1-2,13-16,36-37H2/b12-5+. The predicted octanol–water partition coefficient (Wildman–Crippen LogP) is 6.50. The lowest BCUT2D eigenvalue weighted by Crippen LogP contribution is -2.21. The number of alkyl halides is 5. The molecular formula is C30H29F5N2O6. The van der Waals surface area contributed by atoms with E-state index in [1.165, 1.54) is 60.7 Å². The highest BCUT2D eigenvalue weighted by atomic mass is 19.4. The molecule has 0 bridgehead atoms. The Morgan fingerprint density at radius 2 is 1.35 bits per heavy atom. The summed E-state index contributed by atoms with van der Waals surface area (Å²) in [5.41, 5.74) is 12.2. The van der Waals surface area contributed by atoms with E-state index >= 15 is 0 Å². The molecule has 230 valence electrons. The summed E-state index contributed by atoms with van der Waals surface area (Å²) in [6, 6.07) is 14.4. The second-order valence-electron chi connectivity index (χ2n) is 9.16. The number of carbonyl (C=O) groups is 2. The number of carbonyl (C=O) groups excluding carboxylic acids is 2. The van der Waals surface area contributed by atoms with Crippen LogP contribution in [0.15, 0.2) is 72.8 Å². The van der Waals surface area contributed by atoms with Gasteiger partial charge in [0, 0.05) is 30.3 Å². The van der Waals surface area contributed by atoms with Gasteiger partial charge in [-0.1, -0.05) is 12.1 Å². The number of nitrogens with two attached hydrogens (primary N) is 2. The van der Waals surface area contributed by atoms with Gasteiger partial charge in [-0.3, -0.25) is 0 Å².